The molecule has 72 valence electrons. The van der Waals surface area contributed by atoms with Crippen molar-refractivity contribution in [1.82, 2.24) is 10.2 Å². The van der Waals surface area contributed by atoms with Crippen LogP contribution in [0.3, 0.4) is 0 Å². The average Bonchev–Trinajstić information content (AvgIpc) is 2.44. The predicted octanol–water partition coefficient (Wildman–Crippen LogP) is 1.10. The third-order valence-electron chi connectivity index (χ3n) is 2.86. The summed E-state index contributed by atoms with van der Waals surface area (Å²) < 4.78 is 5.50. The summed E-state index contributed by atoms with van der Waals surface area (Å²) in [6, 6.07) is 1.87. The van der Waals surface area contributed by atoms with E-state index in [0.717, 1.165) is 25.0 Å². The second kappa shape index (κ2) is 3.03. The zero-order valence-corrected chi connectivity index (χ0v) is 7.84. The SMILES string of the molecule is COC1(Cc2cc(N)n[nH]2)CCC1. The van der Waals surface area contributed by atoms with E-state index in [1.807, 2.05) is 6.07 Å². The second-order valence-corrected chi connectivity index (χ2v) is 3.74. The monoisotopic (exact) mass is 181 g/mol. The van der Waals surface area contributed by atoms with Gasteiger partial charge in [0.2, 0.25) is 0 Å². The number of nitrogens with two attached hydrogens (primary N) is 1. The van der Waals surface area contributed by atoms with Crippen molar-refractivity contribution < 1.29 is 4.74 Å². The largest absolute Gasteiger partial charge is 0.382 e. The molecule has 0 spiro atoms. The van der Waals surface area contributed by atoms with Gasteiger partial charge in [-0.2, -0.15) is 5.10 Å². The maximum absolute atomic E-state index is 5.52. The van der Waals surface area contributed by atoms with Gasteiger partial charge in [-0.15, -0.1) is 0 Å². The van der Waals surface area contributed by atoms with Gasteiger partial charge in [-0.25, -0.2) is 0 Å². The Labute approximate surface area is 77.5 Å². The Kier molecular flexibility index (Phi) is 2.00. The minimum Gasteiger partial charge on any atom is -0.382 e. The first kappa shape index (κ1) is 8.56. The van der Waals surface area contributed by atoms with Crippen LogP contribution in [0.25, 0.3) is 0 Å². The molecule has 0 aromatic carbocycles. The molecule has 1 saturated carbocycles. The molecular weight excluding hydrogens is 166 g/mol. The molecule has 0 amide bonds. The first-order valence-electron chi connectivity index (χ1n) is 4.59. The van der Waals surface area contributed by atoms with Crippen LogP contribution in [0.15, 0.2) is 6.07 Å². The molecule has 1 aliphatic rings. The van der Waals surface area contributed by atoms with E-state index in [0.29, 0.717) is 5.82 Å². The Morgan fingerprint density at radius 1 is 1.69 bits per heavy atom. The molecule has 1 fully saturated rings. The van der Waals surface area contributed by atoms with E-state index >= 15 is 0 Å². The van der Waals surface area contributed by atoms with E-state index in [4.69, 9.17) is 10.5 Å². The Hall–Kier alpha value is -1.03. The van der Waals surface area contributed by atoms with Crippen molar-refractivity contribution in [2.45, 2.75) is 31.3 Å². The molecule has 0 aliphatic heterocycles. The highest BCUT2D eigenvalue weighted by Gasteiger charge is 2.37. The summed E-state index contributed by atoms with van der Waals surface area (Å²) >= 11 is 0. The first-order valence-corrected chi connectivity index (χ1v) is 4.59. The van der Waals surface area contributed by atoms with Crippen molar-refractivity contribution in [1.29, 1.82) is 0 Å². The van der Waals surface area contributed by atoms with Crippen LogP contribution in [0.4, 0.5) is 5.82 Å². The van der Waals surface area contributed by atoms with Gasteiger partial charge >= 0.3 is 0 Å². The summed E-state index contributed by atoms with van der Waals surface area (Å²) in [6.45, 7) is 0. The highest BCUT2D eigenvalue weighted by atomic mass is 16.5. The normalized spacial score (nSPS) is 19.8. The van der Waals surface area contributed by atoms with Crippen LogP contribution in [-0.2, 0) is 11.2 Å². The van der Waals surface area contributed by atoms with Crippen LogP contribution in [-0.4, -0.2) is 22.9 Å². The molecule has 0 radical (unpaired) electrons. The van der Waals surface area contributed by atoms with Crippen LogP contribution < -0.4 is 5.73 Å². The number of nitrogens with one attached hydrogen (secondary N) is 1. The predicted molar refractivity (Wildman–Crippen MR) is 50.3 cm³/mol. The molecule has 3 N–H and O–H groups in total. The smallest absolute Gasteiger partial charge is 0.145 e. The van der Waals surface area contributed by atoms with E-state index in [1.54, 1.807) is 7.11 Å². The van der Waals surface area contributed by atoms with Gasteiger partial charge < -0.3 is 10.5 Å². The molecular formula is C9H15N3O. The lowest BCUT2D eigenvalue weighted by atomic mass is 9.77. The number of hydrogen-bond acceptors (Lipinski definition) is 3. The molecule has 0 unspecified atom stereocenters. The van der Waals surface area contributed by atoms with Crippen molar-refractivity contribution >= 4 is 5.82 Å². The molecule has 1 aliphatic carbocycles. The lowest BCUT2D eigenvalue weighted by Crippen LogP contribution is -2.41. The highest BCUT2D eigenvalue weighted by Crippen LogP contribution is 2.37. The van der Waals surface area contributed by atoms with Crippen molar-refractivity contribution in [3.63, 3.8) is 0 Å². The lowest BCUT2D eigenvalue weighted by molar-refractivity contribution is -0.0714. The summed E-state index contributed by atoms with van der Waals surface area (Å²) in [7, 11) is 1.78. The molecule has 4 nitrogen and oxygen atoms in total. The van der Waals surface area contributed by atoms with Gasteiger partial charge in [-0.05, 0) is 19.3 Å². The fourth-order valence-corrected chi connectivity index (χ4v) is 1.84. The van der Waals surface area contributed by atoms with Crippen molar-refractivity contribution in [3.05, 3.63) is 11.8 Å². The maximum atomic E-state index is 5.52. The lowest BCUT2D eigenvalue weighted by Gasteiger charge is -2.40. The van der Waals surface area contributed by atoms with Crippen molar-refractivity contribution in [3.8, 4) is 0 Å². The molecule has 13 heavy (non-hydrogen) atoms. The average molecular weight is 181 g/mol. The van der Waals surface area contributed by atoms with Gasteiger partial charge in [0.05, 0.1) is 5.60 Å². The van der Waals surface area contributed by atoms with Crippen molar-refractivity contribution in [2.24, 2.45) is 0 Å². The standard InChI is InChI=1S/C9H15N3O/c1-13-9(3-2-4-9)6-7-5-8(10)12-11-7/h5H,2-4,6H2,1H3,(H3,10,11,12). The Balaban J connectivity index is 2.04. The van der Waals surface area contributed by atoms with Crippen LogP contribution in [0, 0.1) is 0 Å². The number of nitrogen functional groups attached to an aromatic ring is 1. The summed E-state index contributed by atoms with van der Waals surface area (Å²) in [6.07, 6.45) is 4.44. The molecule has 0 atom stereocenters. The minimum absolute atomic E-state index is 0.0545. The summed E-state index contributed by atoms with van der Waals surface area (Å²) in [5, 5.41) is 6.80. The van der Waals surface area contributed by atoms with Gasteiger partial charge in [0.15, 0.2) is 0 Å². The molecule has 0 bridgehead atoms. The fraction of sp³-hybridized carbons (Fsp3) is 0.667. The number of H-pyrrole nitrogens is 1. The third-order valence-corrected chi connectivity index (χ3v) is 2.86. The third kappa shape index (κ3) is 1.54. The number of ether oxygens (including phenoxy) is 1. The first-order chi connectivity index (χ1) is 6.24. The summed E-state index contributed by atoms with van der Waals surface area (Å²) in [5.74, 6) is 0.556. The van der Waals surface area contributed by atoms with Crippen LogP contribution >= 0.6 is 0 Å². The van der Waals surface area contributed by atoms with Gasteiger partial charge in [-0.3, -0.25) is 5.10 Å². The molecule has 2 rings (SSSR count). The quantitative estimate of drug-likeness (QED) is 0.734. The van der Waals surface area contributed by atoms with Gasteiger partial charge in [-0.1, -0.05) is 0 Å². The Morgan fingerprint density at radius 2 is 2.46 bits per heavy atom. The second-order valence-electron chi connectivity index (χ2n) is 3.74. The van der Waals surface area contributed by atoms with E-state index in [9.17, 15) is 0 Å². The van der Waals surface area contributed by atoms with E-state index in [2.05, 4.69) is 10.2 Å². The number of aromatic nitrogens is 2. The zero-order valence-electron chi connectivity index (χ0n) is 7.84. The summed E-state index contributed by atoms with van der Waals surface area (Å²) in [4.78, 5) is 0. The van der Waals surface area contributed by atoms with E-state index < -0.39 is 0 Å². The number of nitrogens with zero attached hydrogens (tertiary/aromatic N) is 1. The number of hydrogen-bond donors (Lipinski definition) is 2. The van der Waals surface area contributed by atoms with Crippen LogP contribution in [0.2, 0.25) is 0 Å². The van der Waals surface area contributed by atoms with Crippen LogP contribution in [0.5, 0.6) is 0 Å². The van der Waals surface area contributed by atoms with E-state index in [1.165, 1.54) is 6.42 Å². The van der Waals surface area contributed by atoms with Gasteiger partial charge in [0, 0.05) is 25.3 Å². The molecule has 1 heterocycles. The fourth-order valence-electron chi connectivity index (χ4n) is 1.84. The zero-order chi connectivity index (χ0) is 9.31. The maximum Gasteiger partial charge on any atom is 0.145 e. The number of methoxy groups -OCH3 is 1. The number of aromatic amines is 1. The molecule has 1 aromatic heterocycles. The molecule has 4 heteroatoms. The number of anilines is 1. The Bertz CT molecular complexity index is 285. The Morgan fingerprint density at radius 3 is 2.85 bits per heavy atom. The summed E-state index contributed by atoms with van der Waals surface area (Å²) in [5.41, 5.74) is 6.64. The van der Waals surface area contributed by atoms with E-state index in [-0.39, 0.29) is 5.60 Å². The van der Waals surface area contributed by atoms with Crippen LogP contribution in [0.1, 0.15) is 25.0 Å². The van der Waals surface area contributed by atoms with Gasteiger partial charge in [0.1, 0.15) is 5.82 Å². The topological polar surface area (TPSA) is 63.9 Å². The van der Waals surface area contributed by atoms with Crippen molar-refractivity contribution in [2.75, 3.05) is 12.8 Å². The highest BCUT2D eigenvalue weighted by molar-refractivity contribution is 5.29. The molecule has 1 aromatic rings. The number of rotatable bonds is 3. The minimum atomic E-state index is 0.0545. The van der Waals surface area contributed by atoms with Gasteiger partial charge in [0.25, 0.3) is 0 Å². The molecule has 0 saturated heterocycles.